The first-order valence-electron chi connectivity index (χ1n) is 14.0. The summed E-state index contributed by atoms with van der Waals surface area (Å²) in [5.41, 5.74) is 0.623. The number of benzene rings is 2. The van der Waals surface area contributed by atoms with Crippen LogP contribution in [0.25, 0.3) is 0 Å². The lowest BCUT2D eigenvalue weighted by molar-refractivity contribution is -0.116. The number of aliphatic hydroxyl groups excluding tert-OH is 1. The molecule has 2 aliphatic heterocycles. The normalized spacial score (nSPS) is 20.8. The van der Waals surface area contributed by atoms with Gasteiger partial charge in [-0.1, -0.05) is 6.92 Å². The molecule has 230 valence electrons. The molecule has 1 fully saturated rings. The van der Waals surface area contributed by atoms with Gasteiger partial charge in [-0.15, -0.1) is 0 Å². The van der Waals surface area contributed by atoms with Crippen LogP contribution in [0.2, 0.25) is 0 Å². The minimum absolute atomic E-state index is 0.0458. The van der Waals surface area contributed by atoms with E-state index in [1.54, 1.807) is 25.1 Å². The number of hydrogen-bond acceptors (Lipinski definition) is 8. The minimum Gasteiger partial charge on any atom is -0.488 e. The molecule has 2 aromatic rings. The van der Waals surface area contributed by atoms with Crippen LogP contribution >= 0.6 is 0 Å². The second-order valence-corrected chi connectivity index (χ2v) is 12.9. The summed E-state index contributed by atoms with van der Waals surface area (Å²) >= 11 is 0. The number of aliphatic hydroxyl groups is 1. The fourth-order valence-corrected chi connectivity index (χ4v) is 6.15. The average Bonchev–Trinajstić information content (AvgIpc) is 2.98. The van der Waals surface area contributed by atoms with Crippen molar-refractivity contribution in [2.45, 2.75) is 37.3 Å². The van der Waals surface area contributed by atoms with Gasteiger partial charge in [0.2, 0.25) is 15.9 Å². The number of nitrogens with zero attached hydrogens (tertiary/aromatic N) is 3. The molecular weight excluding hydrogens is 567 g/mol. The number of rotatable bonds is 10. The van der Waals surface area contributed by atoms with Gasteiger partial charge >= 0.3 is 0 Å². The van der Waals surface area contributed by atoms with E-state index in [0.717, 1.165) is 29.5 Å². The molecule has 2 amide bonds. The lowest BCUT2D eigenvalue weighted by Crippen LogP contribution is -2.50. The van der Waals surface area contributed by atoms with Crippen LogP contribution in [0.3, 0.4) is 0 Å². The second kappa shape index (κ2) is 13.9. The molecule has 0 saturated carbocycles. The van der Waals surface area contributed by atoms with Crippen LogP contribution < -0.4 is 10.1 Å². The van der Waals surface area contributed by atoms with Gasteiger partial charge in [-0.3, -0.25) is 14.5 Å². The molecule has 0 aliphatic carbocycles. The fourth-order valence-electron chi connectivity index (χ4n) is 4.96. The summed E-state index contributed by atoms with van der Waals surface area (Å²) in [5.74, 6) is -1.18. The third-order valence-electron chi connectivity index (χ3n) is 7.67. The van der Waals surface area contributed by atoms with Gasteiger partial charge in [0.1, 0.15) is 17.7 Å². The summed E-state index contributed by atoms with van der Waals surface area (Å²) in [6.07, 6.45) is -0.386. The van der Waals surface area contributed by atoms with Crippen molar-refractivity contribution in [3.63, 3.8) is 0 Å². The molecule has 2 N–H and O–H groups in total. The number of carbonyl (C=O) groups excluding carboxylic acids is 2. The molecule has 42 heavy (non-hydrogen) atoms. The van der Waals surface area contributed by atoms with Crippen molar-refractivity contribution in [2.24, 2.45) is 5.92 Å². The van der Waals surface area contributed by atoms with Gasteiger partial charge in [0.25, 0.3) is 5.91 Å². The second-order valence-electron chi connectivity index (χ2n) is 10.8. The number of ether oxygens (including phenoxy) is 2. The topological polar surface area (TPSA) is 129 Å². The van der Waals surface area contributed by atoms with Gasteiger partial charge in [-0.25, -0.2) is 12.8 Å². The van der Waals surface area contributed by atoms with Gasteiger partial charge in [0, 0.05) is 51.3 Å². The van der Waals surface area contributed by atoms with E-state index in [4.69, 9.17) is 9.47 Å². The van der Waals surface area contributed by atoms with Gasteiger partial charge in [-0.05, 0) is 49.4 Å². The fraction of sp³-hybridized carbons (Fsp3) is 0.517. The van der Waals surface area contributed by atoms with Crippen LogP contribution in [0.15, 0.2) is 47.4 Å². The number of anilines is 1. The smallest absolute Gasteiger partial charge is 0.258 e. The number of halogens is 1. The van der Waals surface area contributed by atoms with Crippen molar-refractivity contribution in [2.75, 3.05) is 64.9 Å². The first-order chi connectivity index (χ1) is 20.0. The van der Waals surface area contributed by atoms with Crippen molar-refractivity contribution in [1.29, 1.82) is 0 Å². The summed E-state index contributed by atoms with van der Waals surface area (Å²) in [4.78, 5) is 30.0. The average molecular weight is 607 g/mol. The maximum atomic E-state index is 13.7. The van der Waals surface area contributed by atoms with Gasteiger partial charge in [0.05, 0.1) is 42.9 Å². The number of morpholine rings is 1. The number of likely N-dealkylation sites (N-methyl/N-ethyl adjacent to an activating group) is 1. The first kappa shape index (κ1) is 31.8. The molecule has 13 heteroatoms. The standard InChI is InChI=1S/C29H39FN4O7S/c1-20-17-34(21(2)19-35)29(37)25-16-23(31-28(36)10-11-33-12-14-40-15-13-33)6-9-26(25)41-27(20)18-32(3)42(38,39)24-7-4-22(30)5-8-24/h4-9,16,20-21,27,35H,10-15,17-19H2,1-3H3,(H,31,36)/t20-,21+,27+/m1/s1. The Morgan fingerprint density at radius 1 is 1.19 bits per heavy atom. The SMILES string of the molecule is C[C@@H]1CN([C@@H](C)CO)C(=O)c2cc(NC(=O)CCN3CCOCC3)ccc2O[C@H]1CN(C)S(=O)(=O)c1ccc(F)cc1. The first-order valence-corrected chi connectivity index (χ1v) is 15.5. The number of nitrogens with one attached hydrogen (secondary N) is 1. The highest BCUT2D eigenvalue weighted by Gasteiger charge is 2.35. The molecule has 0 spiro atoms. The summed E-state index contributed by atoms with van der Waals surface area (Å²) in [5, 5.41) is 12.8. The van der Waals surface area contributed by atoms with E-state index >= 15 is 0 Å². The summed E-state index contributed by atoms with van der Waals surface area (Å²) < 4.78 is 52.6. The number of hydrogen-bond donors (Lipinski definition) is 2. The zero-order valence-corrected chi connectivity index (χ0v) is 25.0. The number of carbonyl (C=O) groups is 2. The molecule has 2 aromatic carbocycles. The van der Waals surface area contributed by atoms with E-state index in [1.807, 2.05) is 6.92 Å². The maximum absolute atomic E-state index is 13.7. The van der Waals surface area contributed by atoms with Crippen LogP contribution in [-0.4, -0.2) is 111 Å². The Labute approximate surface area is 246 Å². The predicted molar refractivity (Wildman–Crippen MR) is 154 cm³/mol. The van der Waals surface area contributed by atoms with Crippen LogP contribution in [0.1, 0.15) is 30.6 Å². The van der Waals surface area contributed by atoms with Gasteiger partial charge in [0.15, 0.2) is 0 Å². The zero-order valence-electron chi connectivity index (χ0n) is 24.2. The zero-order chi connectivity index (χ0) is 30.4. The summed E-state index contributed by atoms with van der Waals surface area (Å²) in [6, 6.07) is 8.85. The molecule has 4 rings (SSSR count). The van der Waals surface area contributed by atoms with Gasteiger partial charge in [-0.2, -0.15) is 4.31 Å². The number of fused-ring (bicyclic) bond motifs is 1. The molecule has 1 saturated heterocycles. The number of amides is 2. The highest BCUT2D eigenvalue weighted by Crippen LogP contribution is 2.31. The molecular formula is C29H39FN4O7S. The third-order valence-corrected chi connectivity index (χ3v) is 9.50. The maximum Gasteiger partial charge on any atom is 0.258 e. The van der Waals surface area contributed by atoms with Crippen LogP contribution in [-0.2, 0) is 19.6 Å². The lowest BCUT2D eigenvalue weighted by atomic mass is 9.99. The van der Waals surface area contributed by atoms with E-state index in [1.165, 1.54) is 24.1 Å². The summed E-state index contributed by atoms with van der Waals surface area (Å²) in [7, 11) is -2.53. The van der Waals surface area contributed by atoms with Crippen LogP contribution in [0, 0.1) is 11.7 Å². The molecule has 11 nitrogen and oxygen atoms in total. The molecule has 0 radical (unpaired) electrons. The quantitative estimate of drug-likeness (QED) is 0.421. The summed E-state index contributed by atoms with van der Waals surface area (Å²) in [6.45, 7) is 6.89. The molecule has 2 aliphatic rings. The van der Waals surface area contributed by atoms with E-state index in [0.29, 0.717) is 25.4 Å². The van der Waals surface area contributed by atoms with Crippen LogP contribution in [0.5, 0.6) is 5.75 Å². The molecule has 0 bridgehead atoms. The monoisotopic (exact) mass is 606 g/mol. The van der Waals surface area contributed by atoms with Crippen LogP contribution in [0.4, 0.5) is 10.1 Å². The highest BCUT2D eigenvalue weighted by atomic mass is 32.2. The Hall–Kier alpha value is -3.10. The van der Waals surface area contributed by atoms with Crippen molar-refractivity contribution in [3.8, 4) is 5.75 Å². The molecule has 0 aromatic heterocycles. The molecule has 2 heterocycles. The minimum atomic E-state index is -3.95. The van der Waals surface area contributed by atoms with E-state index in [2.05, 4.69) is 10.2 Å². The lowest BCUT2D eigenvalue weighted by Gasteiger charge is -2.38. The van der Waals surface area contributed by atoms with Crippen molar-refractivity contribution in [3.05, 3.63) is 53.8 Å². The van der Waals surface area contributed by atoms with Crippen molar-refractivity contribution in [1.82, 2.24) is 14.1 Å². The Bertz CT molecular complexity index is 1350. The Kier molecular flexibility index (Phi) is 10.5. The largest absolute Gasteiger partial charge is 0.488 e. The predicted octanol–water partition coefficient (Wildman–Crippen LogP) is 2.03. The van der Waals surface area contributed by atoms with E-state index < -0.39 is 28.0 Å². The van der Waals surface area contributed by atoms with E-state index in [-0.39, 0.29) is 60.1 Å². The third kappa shape index (κ3) is 7.64. The van der Waals surface area contributed by atoms with Crippen molar-refractivity contribution >= 4 is 27.5 Å². The molecule has 0 unspecified atom stereocenters. The Morgan fingerprint density at radius 3 is 2.55 bits per heavy atom. The van der Waals surface area contributed by atoms with E-state index in [9.17, 15) is 27.5 Å². The Balaban J connectivity index is 1.55. The van der Waals surface area contributed by atoms with Crippen molar-refractivity contribution < 1.29 is 37.0 Å². The number of sulfonamides is 1. The van der Waals surface area contributed by atoms with Gasteiger partial charge < -0.3 is 24.8 Å². The Morgan fingerprint density at radius 2 is 1.88 bits per heavy atom. The molecule has 3 atom stereocenters. The highest BCUT2D eigenvalue weighted by molar-refractivity contribution is 7.89.